The number of nitrogens with one attached hydrogen (secondary N) is 1. The molecule has 0 spiro atoms. The van der Waals surface area contributed by atoms with Gasteiger partial charge in [-0.1, -0.05) is 18.5 Å². The van der Waals surface area contributed by atoms with Crippen molar-refractivity contribution in [2.24, 2.45) is 0 Å². The van der Waals surface area contributed by atoms with Crippen LogP contribution < -0.4 is 10.1 Å². The zero-order valence-electron chi connectivity index (χ0n) is 13.6. The van der Waals surface area contributed by atoms with Gasteiger partial charge in [0.25, 0.3) is 0 Å². The summed E-state index contributed by atoms with van der Waals surface area (Å²) in [6.07, 6.45) is 0.985. The van der Waals surface area contributed by atoms with Gasteiger partial charge in [0, 0.05) is 17.3 Å². The summed E-state index contributed by atoms with van der Waals surface area (Å²) in [5, 5.41) is 12.9. The van der Waals surface area contributed by atoms with E-state index in [9.17, 15) is 4.79 Å². The van der Waals surface area contributed by atoms with Gasteiger partial charge in [0.05, 0.1) is 15.4 Å². The average molecular weight is 492 g/mol. The van der Waals surface area contributed by atoms with Crippen molar-refractivity contribution >= 4 is 55.1 Å². The lowest BCUT2D eigenvalue weighted by molar-refractivity contribution is -0.136. The molecule has 2 rings (SSSR count). The molecule has 0 amide bonds. The predicted octanol–water partition coefficient (Wildman–Crippen LogP) is 5.89. The van der Waals surface area contributed by atoms with Crippen LogP contribution in [0.25, 0.3) is 0 Å². The molecule has 2 N–H and O–H groups in total. The van der Waals surface area contributed by atoms with Crippen LogP contribution in [0.4, 0.5) is 5.69 Å². The lowest BCUT2D eigenvalue weighted by Crippen LogP contribution is -2.03. The summed E-state index contributed by atoms with van der Waals surface area (Å²) in [6, 6.07) is 9.25. The van der Waals surface area contributed by atoms with E-state index in [1.807, 2.05) is 18.2 Å². The number of anilines is 1. The van der Waals surface area contributed by atoms with E-state index in [1.165, 1.54) is 0 Å². The molecule has 0 unspecified atom stereocenters. The minimum Gasteiger partial charge on any atom is -0.487 e. The standard InChI is InChI=1S/C18H18Br2ClNO3/c1-2-3-22-14-5-12(4-13(21)9-14)10-25-18-15(19)6-11(7-16(18)20)8-17(23)24/h4-7,9,22H,2-3,8,10H2,1H3,(H,23,24). The van der Waals surface area contributed by atoms with Crippen LogP contribution in [0.3, 0.4) is 0 Å². The van der Waals surface area contributed by atoms with Gasteiger partial charge in [-0.3, -0.25) is 4.79 Å². The van der Waals surface area contributed by atoms with Crippen LogP contribution in [-0.4, -0.2) is 17.6 Å². The van der Waals surface area contributed by atoms with Crippen LogP contribution >= 0.6 is 43.5 Å². The summed E-state index contributed by atoms with van der Waals surface area (Å²) in [7, 11) is 0. The van der Waals surface area contributed by atoms with Crippen molar-refractivity contribution in [3.05, 3.63) is 55.4 Å². The second kappa shape index (κ2) is 9.46. The average Bonchev–Trinajstić information content (AvgIpc) is 2.51. The van der Waals surface area contributed by atoms with Crippen molar-refractivity contribution in [1.82, 2.24) is 0 Å². The number of ether oxygens (including phenoxy) is 1. The van der Waals surface area contributed by atoms with E-state index in [2.05, 4.69) is 44.1 Å². The molecule has 0 radical (unpaired) electrons. The van der Waals surface area contributed by atoms with Gasteiger partial charge in [0.15, 0.2) is 0 Å². The van der Waals surface area contributed by atoms with Crippen molar-refractivity contribution in [2.45, 2.75) is 26.4 Å². The van der Waals surface area contributed by atoms with Crippen LogP contribution in [0.5, 0.6) is 5.75 Å². The maximum Gasteiger partial charge on any atom is 0.307 e. The fourth-order valence-corrected chi connectivity index (χ4v) is 4.06. The summed E-state index contributed by atoms with van der Waals surface area (Å²) in [6.45, 7) is 3.32. The third kappa shape index (κ3) is 6.20. The molecule has 0 aliphatic heterocycles. The van der Waals surface area contributed by atoms with E-state index in [0.29, 0.717) is 31.9 Å². The lowest BCUT2D eigenvalue weighted by atomic mass is 10.1. The van der Waals surface area contributed by atoms with Crippen molar-refractivity contribution < 1.29 is 14.6 Å². The Bertz CT molecular complexity index is 745. The van der Waals surface area contributed by atoms with Crippen LogP contribution in [0.2, 0.25) is 5.02 Å². The highest BCUT2D eigenvalue weighted by molar-refractivity contribution is 9.11. The summed E-state index contributed by atoms with van der Waals surface area (Å²) in [5.74, 6) is -0.254. The Morgan fingerprint density at radius 1 is 1.16 bits per heavy atom. The third-order valence-electron chi connectivity index (χ3n) is 3.33. The van der Waals surface area contributed by atoms with Gasteiger partial charge in [0.1, 0.15) is 12.4 Å². The minimum absolute atomic E-state index is 0.0434. The Balaban J connectivity index is 2.13. The Kier molecular flexibility index (Phi) is 7.59. The Morgan fingerprint density at radius 3 is 2.44 bits per heavy atom. The monoisotopic (exact) mass is 489 g/mol. The summed E-state index contributed by atoms with van der Waals surface area (Å²) >= 11 is 13.0. The molecule has 0 aliphatic carbocycles. The number of hydrogen-bond donors (Lipinski definition) is 2. The van der Waals surface area contributed by atoms with Crippen LogP contribution in [0.1, 0.15) is 24.5 Å². The molecule has 0 saturated carbocycles. The number of benzene rings is 2. The highest BCUT2D eigenvalue weighted by Crippen LogP contribution is 2.35. The number of rotatable bonds is 8. The van der Waals surface area contributed by atoms with Crippen LogP contribution in [0.15, 0.2) is 39.3 Å². The Morgan fingerprint density at radius 2 is 1.84 bits per heavy atom. The molecule has 0 saturated heterocycles. The first-order valence-corrected chi connectivity index (χ1v) is 9.71. The third-order valence-corrected chi connectivity index (χ3v) is 4.73. The number of aliphatic carboxylic acids is 1. The fraction of sp³-hybridized carbons (Fsp3) is 0.278. The summed E-state index contributed by atoms with van der Waals surface area (Å²) in [4.78, 5) is 10.8. The predicted molar refractivity (Wildman–Crippen MR) is 108 cm³/mol. The van der Waals surface area contributed by atoms with Gasteiger partial charge in [-0.25, -0.2) is 0 Å². The Labute approximate surface area is 168 Å². The largest absolute Gasteiger partial charge is 0.487 e. The first-order chi connectivity index (χ1) is 11.9. The van der Waals surface area contributed by atoms with E-state index in [-0.39, 0.29) is 6.42 Å². The smallest absolute Gasteiger partial charge is 0.307 e. The minimum atomic E-state index is -0.876. The maximum absolute atomic E-state index is 10.8. The molecule has 2 aromatic rings. The topological polar surface area (TPSA) is 58.6 Å². The van der Waals surface area contributed by atoms with Gasteiger partial charge in [-0.2, -0.15) is 0 Å². The zero-order chi connectivity index (χ0) is 18.4. The molecule has 7 heteroatoms. The number of halogens is 3. The SMILES string of the molecule is CCCNc1cc(Cl)cc(COc2c(Br)cc(CC(=O)O)cc2Br)c1. The highest BCUT2D eigenvalue weighted by Gasteiger charge is 2.12. The molecule has 0 heterocycles. The van der Waals surface area contributed by atoms with Crippen molar-refractivity contribution in [3.63, 3.8) is 0 Å². The van der Waals surface area contributed by atoms with E-state index >= 15 is 0 Å². The van der Waals surface area contributed by atoms with Crippen LogP contribution in [-0.2, 0) is 17.8 Å². The zero-order valence-corrected chi connectivity index (χ0v) is 17.5. The molecular formula is C18H18Br2ClNO3. The number of carbonyl (C=O) groups is 1. The van der Waals surface area contributed by atoms with Crippen molar-refractivity contribution in [2.75, 3.05) is 11.9 Å². The maximum atomic E-state index is 10.8. The molecule has 0 bridgehead atoms. The number of carboxylic acids is 1. The summed E-state index contributed by atoms with van der Waals surface area (Å²) in [5.41, 5.74) is 2.59. The fourth-order valence-electron chi connectivity index (χ4n) is 2.29. The number of hydrogen-bond acceptors (Lipinski definition) is 3. The van der Waals surface area contributed by atoms with E-state index in [0.717, 1.165) is 24.2 Å². The van der Waals surface area contributed by atoms with Crippen molar-refractivity contribution in [3.8, 4) is 5.75 Å². The molecule has 0 aliphatic rings. The van der Waals surface area contributed by atoms with Gasteiger partial charge in [-0.15, -0.1) is 0 Å². The molecule has 0 atom stereocenters. The van der Waals surface area contributed by atoms with Crippen LogP contribution in [0, 0.1) is 0 Å². The molecule has 4 nitrogen and oxygen atoms in total. The molecule has 134 valence electrons. The lowest BCUT2D eigenvalue weighted by Gasteiger charge is -2.13. The molecule has 0 fully saturated rings. The van der Waals surface area contributed by atoms with E-state index in [1.54, 1.807) is 12.1 Å². The van der Waals surface area contributed by atoms with Gasteiger partial charge >= 0.3 is 5.97 Å². The number of carboxylic acid groups (broad SMARTS) is 1. The van der Waals surface area contributed by atoms with Gasteiger partial charge < -0.3 is 15.2 Å². The Hall–Kier alpha value is -1.24. The van der Waals surface area contributed by atoms with Gasteiger partial charge in [0.2, 0.25) is 0 Å². The van der Waals surface area contributed by atoms with Gasteiger partial charge in [-0.05, 0) is 79.7 Å². The van der Waals surface area contributed by atoms with E-state index < -0.39 is 5.97 Å². The molecule has 0 aromatic heterocycles. The normalized spacial score (nSPS) is 10.6. The second-order valence-electron chi connectivity index (χ2n) is 5.52. The van der Waals surface area contributed by atoms with E-state index in [4.69, 9.17) is 21.4 Å². The highest BCUT2D eigenvalue weighted by atomic mass is 79.9. The second-order valence-corrected chi connectivity index (χ2v) is 7.67. The molecule has 25 heavy (non-hydrogen) atoms. The first kappa shape index (κ1) is 20.1. The summed E-state index contributed by atoms with van der Waals surface area (Å²) < 4.78 is 7.30. The molecular weight excluding hydrogens is 473 g/mol. The first-order valence-electron chi connectivity index (χ1n) is 7.75. The quantitative estimate of drug-likeness (QED) is 0.483. The van der Waals surface area contributed by atoms with Crippen molar-refractivity contribution in [1.29, 1.82) is 0 Å². The molecule has 2 aromatic carbocycles.